The highest BCUT2D eigenvalue weighted by Gasteiger charge is 2.17. The number of fused-ring (bicyclic) bond motifs is 4. The Morgan fingerprint density at radius 1 is 0.909 bits per heavy atom. The van der Waals surface area contributed by atoms with Crippen molar-refractivity contribution in [1.82, 2.24) is 14.5 Å². The fourth-order valence-electron chi connectivity index (χ4n) is 4.01. The Kier molecular flexibility index (Phi) is 5.44. The average Bonchev–Trinajstić information content (AvgIpc) is 3.14. The van der Waals surface area contributed by atoms with Gasteiger partial charge in [-0.25, -0.2) is 14.8 Å². The van der Waals surface area contributed by atoms with Gasteiger partial charge in [0.05, 0.1) is 34.4 Å². The van der Waals surface area contributed by atoms with Crippen LogP contribution in [0.15, 0.2) is 72.8 Å². The summed E-state index contributed by atoms with van der Waals surface area (Å²) in [5.41, 5.74) is 4.95. The van der Waals surface area contributed by atoms with Crippen LogP contribution in [-0.2, 0) is 16.1 Å². The van der Waals surface area contributed by atoms with Crippen LogP contribution in [0.2, 0.25) is 0 Å². The van der Waals surface area contributed by atoms with Crippen LogP contribution in [-0.4, -0.2) is 33.0 Å². The van der Waals surface area contributed by atoms with Crippen LogP contribution in [0.4, 0.5) is 5.69 Å². The van der Waals surface area contributed by atoms with Crippen LogP contribution >= 0.6 is 0 Å². The molecule has 0 aliphatic carbocycles. The van der Waals surface area contributed by atoms with E-state index in [1.165, 1.54) is 0 Å². The predicted octanol–water partition coefficient (Wildman–Crippen LogP) is 4.94. The van der Waals surface area contributed by atoms with Crippen molar-refractivity contribution in [2.75, 3.05) is 11.9 Å². The molecule has 2 aromatic heterocycles. The Balaban J connectivity index is 1.45. The Morgan fingerprint density at radius 3 is 2.42 bits per heavy atom. The number of hydrogen-bond acceptors (Lipinski definition) is 5. The maximum absolute atomic E-state index is 12.8. The van der Waals surface area contributed by atoms with E-state index < -0.39 is 5.97 Å². The third kappa shape index (κ3) is 3.89. The third-order valence-electron chi connectivity index (χ3n) is 5.52. The van der Waals surface area contributed by atoms with Crippen molar-refractivity contribution >= 4 is 50.7 Å². The zero-order chi connectivity index (χ0) is 22.8. The first-order valence-electron chi connectivity index (χ1n) is 10.9. The minimum atomic E-state index is -0.460. The lowest BCUT2D eigenvalue weighted by Crippen LogP contribution is -2.17. The van der Waals surface area contributed by atoms with Crippen LogP contribution in [0.5, 0.6) is 0 Å². The molecule has 1 amide bonds. The molecule has 0 unspecified atom stereocenters. The molecule has 2 heterocycles. The number of nitrogens with zero attached hydrogens (tertiary/aromatic N) is 3. The molecular formula is C26H22N4O3. The van der Waals surface area contributed by atoms with E-state index in [2.05, 4.69) is 5.32 Å². The van der Waals surface area contributed by atoms with E-state index in [0.717, 1.165) is 33.1 Å². The molecule has 33 heavy (non-hydrogen) atoms. The minimum absolute atomic E-state index is 0.202. The lowest BCUT2D eigenvalue weighted by molar-refractivity contribution is -0.116. The molecule has 5 aromatic rings. The summed E-state index contributed by atoms with van der Waals surface area (Å²) in [6, 6.07) is 22.6. The van der Waals surface area contributed by atoms with Crippen LogP contribution in [0.3, 0.4) is 0 Å². The van der Waals surface area contributed by atoms with Crippen LogP contribution < -0.4 is 5.32 Å². The standard InChI is InChI=1S/C26H22N4O3/c1-2-33-26(32)17-9-3-5-11-19(17)27-23(31)15-16-30-22-14-8-4-10-18(22)24-25(30)29-21-13-7-6-12-20(21)28-24/h3-14H,2,15-16H2,1H3,(H,27,31). The first-order valence-corrected chi connectivity index (χ1v) is 10.9. The number of nitrogens with one attached hydrogen (secondary N) is 1. The summed E-state index contributed by atoms with van der Waals surface area (Å²) >= 11 is 0. The third-order valence-corrected chi connectivity index (χ3v) is 5.52. The van der Waals surface area contributed by atoms with E-state index in [1.807, 2.05) is 53.1 Å². The number of anilines is 1. The SMILES string of the molecule is CCOC(=O)c1ccccc1NC(=O)CCn1c2ccccc2c2nc3ccccc3nc21. The molecule has 0 aliphatic heterocycles. The van der Waals surface area contributed by atoms with Gasteiger partial charge in [0, 0.05) is 18.4 Å². The number of amides is 1. The van der Waals surface area contributed by atoms with Crippen LogP contribution in [0, 0.1) is 0 Å². The number of rotatable bonds is 6. The smallest absolute Gasteiger partial charge is 0.340 e. The topological polar surface area (TPSA) is 86.1 Å². The van der Waals surface area contributed by atoms with Crippen molar-refractivity contribution in [2.24, 2.45) is 0 Å². The van der Waals surface area contributed by atoms with Crippen molar-refractivity contribution < 1.29 is 14.3 Å². The van der Waals surface area contributed by atoms with Gasteiger partial charge in [-0.2, -0.15) is 0 Å². The summed E-state index contributed by atoms with van der Waals surface area (Å²) < 4.78 is 7.12. The van der Waals surface area contributed by atoms with E-state index in [1.54, 1.807) is 31.2 Å². The first kappa shape index (κ1) is 20.6. The number of benzene rings is 3. The minimum Gasteiger partial charge on any atom is -0.462 e. The van der Waals surface area contributed by atoms with Crippen LogP contribution in [0.25, 0.3) is 33.1 Å². The largest absolute Gasteiger partial charge is 0.462 e. The molecule has 0 aliphatic rings. The summed E-state index contributed by atoms with van der Waals surface area (Å²) in [5.74, 6) is -0.663. The molecule has 0 spiro atoms. The summed E-state index contributed by atoms with van der Waals surface area (Å²) in [6.07, 6.45) is 0.208. The molecule has 164 valence electrons. The number of esters is 1. The zero-order valence-electron chi connectivity index (χ0n) is 18.1. The number of aryl methyl sites for hydroxylation is 1. The van der Waals surface area contributed by atoms with Gasteiger partial charge in [-0.3, -0.25) is 4.79 Å². The number of hydrogen-bond donors (Lipinski definition) is 1. The van der Waals surface area contributed by atoms with Crippen molar-refractivity contribution in [1.29, 1.82) is 0 Å². The van der Waals surface area contributed by atoms with E-state index >= 15 is 0 Å². The molecule has 7 heteroatoms. The molecule has 0 atom stereocenters. The van der Waals surface area contributed by atoms with Gasteiger partial charge in [0.2, 0.25) is 5.91 Å². The maximum atomic E-state index is 12.8. The molecular weight excluding hydrogens is 416 g/mol. The van der Waals surface area contributed by atoms with Gasteiger partial charge in [-0.1, -0.05) is 42.5 Å². The normalized spacial score (nSPS) is 11.2. The number of carbonyl (C=O) groups is 2. The second kappa shape index (κ2) is 8.70. The fourth-order valence-corrected chi connectivity index (χ4v) is 4.01. The van der Waals surface area contributed by atoms with Gasteiger partial charge in [0.15, 0.2) is 5.65 Å². The van der Waals surface area contributed by atoms with E-state index in [4.69, 9.17) is 14.7 Å². The number of para-hydroxylation sites is 4. The molecule has 5 rings (SSSR count). The predicted molar refractivity (Wildman–Crippen MR) is 128 cm³/mol. The number of carbonyl (C=O) groups excluding carboxylic acids is 2. The van der Waals surface area contributed by atoms with E-state index in [0.29, 0.717) is 17.8 Å². The van der Waals surface area contributed by atoms with Crippen molar-refractivity contribution in [2.45, 2.75) is 19.9 Å². The summed E-state index contributed by atoms with van der Waals surface area (Å²) in [5, 5.41) is 3.85. The van der Waals surface area contributed by atoms with Crippen molar-refractivity contribution in [3.63, 3.8) is 0 Å². The van der Waals surface area contributed by atoms with Crippen molar-refractivity contribution in [3.05, 3.63) is 78.4 Å². The molecule has 1 N–H and O–H groups in total. The average molecular weight is 438 g/mol. The van der Waals surface area contributed by atoms with Gasteiger partial charge in [-0.15, -0.1) is 0 Å². The van der Waals surface area contributed by atoms with Gasteiger partial charge >= 0.3 is 5.97 Å². The number of ether oxygens (including phenoxy) is 1. The summed E-state index contributed by atoms with van der Waals surface area (Å²) in [7, 11) is 0. The Hall–Kier alpha value is -4.26. The molecule has 0 radical (unpaired) electrons. The molecule has 7 nitrogen and oxygen atoms in total. The van der Waals surface area contributed by atoms with Crippen molar-refractivity contribution in [3.8, 4) is 0 Å². The Labute approximate surface area is 190 Å². The van der Waals surface area contributed by atoms with Gasteiger partial charge in [0.1, 0.15) is 5.52 Å². The quantitative estimate of drug-likeness (QED) is 0.379. The zero-order valence-corrected chi connectivity index (χ0v) is 18.1. The lowest BCUT2D eigenvalue weighted by atomic mass is 10.1. The number of aromatic nitrogens is 3. The first-order chi connectivity index (χ1) is 16.2. The Bertz CT molecular complexity index is 1510. The Morgan fingerprint density at radius 2 is 1.61 bits per heavy atom. The molecule has 0 saturated carbocycles. The summed E-state index contributed by atoms with van der Waals surface area (Å²) in [4.78, 5) is 34.7. The van der Waals surface area contributed by atoms with Gasteiger partial charge < -0.3 is 14.6 Å². The second-order valence-electron chi connectivity index (χ2n) is 7.62. The van der Waals surface area contributed by atoms with Gasteiger partial charge in [-0.05, 0) is 37.3 Å². The van der Waals surface area contributed by atoms with Crippen LogP contribution in [0.1, 0.15) is 23.7 Å². The maximum Gasteiger partial charge on any atom is 0.340 e. The molecule has 0 bridgehead atoms. The monoisotopic (exact) mass is 438 g/mol. The molecule has 0 fully saturated rings. The van der Waals surface area contributed by atoms with E-state index in [9.17, 15) is 9.59 Å². The van der Waals surface area contributed by atoms with Gasteiger partial charge in [0.25, 0.3) is 0 Å². The highest BCUT2D eigenvalue weighted by atomic mass is 16.5. The highest BCUT2D eigenvalue weighted by Crippen LogP contribution is 2.28. The van der Waals surface area contributed by atoms with E-state index in [-0.39, 0.29) is 18.9 Å². The fraction of sp³-hybridized carbons (Fsp3) is 0.154. The lowest BCUT2D eigenvalue weighted by Gasteiger charge is -2.11. The molecule has 3 aromatic carbocycles. The highest BCUT2D eigenvalue weighted by molar-refractivity contribution is 6.06. The second-order valence-corrected chi connectivity index (χ2v) is 7.62. The summed E-state index contributed by atoms with van der Waals surface area (Å²) in [6.45, 7) is 2.44. The molecule has 0 saturated heterocycles.